The fourth-order valence-electron chi connectivity index (χ4n) is 3.32. The number of hydrogen-bond donors (Lipinski definition) is 2. The van der Waals surface area contributed by atoms with E-state index in [1.807, 2.05) is 55.5 Å². The smallest absolute Gasteiger partial charge is 0.180 e. The molecule has 0 spiro atoms. The third kappa shape index (κ3) is 5.79. The molecule has 0 bridgehead atoms. The van der Waals surface area contributed by atoms with Crippen LogP contribution < -0.4 is 4.90 Å². The minimum atomic E-state index is -3.50. The average molecular weight is 454 g/mol. The van der Waals surface area contributed by atoms with Gasteiger partial charge in [-0.05, 0) is 55.0 Å². The van der Waals surface area contributed by atoms with Crippen molar-refractivity contribution in [3.05, 3.63) is 72.8 Å². The Balaban J connectivity index is 1.94. The predicted octanol–water partition coefficient (Wildman–Crippen LogP) is 4.35. The minimum absolute atomic E-state index is 0.0694. The van der Waals surface area contributed by atoms with Gasteiger partial charge >= 0.3 is 0 Å². The van der Waals surface area contributed by atoms with Crippen LogP contribution >= 0.6 is 0 Å². The van der Waals surface area contributed by atoms with Gasteiger partial charge in [0.15, 0.2) is 9.84 Å². The van der Waals surface area contributed by atoms with Crippen LogP contribution in [0.15, 0.2) is 87.9 Å². The predicted molar refractivity (Wildman–Crippen MR) is 127 cm³/mol. The van der Waals surface area contributed by atoms with Gasteiger partial charge in [-0.2, -0.15) is 5.11 Å². The van der Waals surface area contributed by atoms with Gasteiger partial charge in [-0.3, -0.25) is 0 Å². The van der Waals surface area contributed by atoms with Crippen molar-refractivity contribution in [2.24, 2.45) is 10.2 Å². The van der Waals surface area contributed by atoms with Crippen molar-refractivity contribution in [3.8, 4) is 11.1 Å². The zero-order valence-corrected chi connectivity index (χ0v) is 18.7. The second kappa shape index (κ2) is 11.0. The number of rotatable bonds is 10. The fourth-order valence-corrected chi connectivity index (χ4v) is 4.34. The SMILES string of the molecule is CCN(CCO)c1ccc(N=Nc2ccc(S(=O)(=O)CCO)cc2)c(-c2ccccc2)c1. The molecule has 7 nitrogen and oxygen atoms in total. The number of nitrogens with zero attached hydrogens (tertiary/aromatic N) is 3. The summed E-state index contributed by atoms with van der Waals surface area (Å²) in [5.41, 5.74) is 4.08. The molecular formula is C24H27N3O4S. The Morgan fingerprint density at radius 2 is 1.59 bits per heavy atom. The molecule has 32 heavy (non-hydrogen) atoms. The number of aliphatic hydroxyl groups is 2. The molecule has 168 valence electrons. The maximum Gasteiger partial charge on any atom is 0.180 e. The largest absolute Gasteiger partial charge is 0.395 e. The molecule has 0 aliphatic rings. The first-order valence-electron chi connectivity index (χ1n) is 10.4. The second-order valence-electron chi connectivity index (χ2n) is 7.11. The summed E-state index contributed by atoms with van der Waals surface area (Å²) in [7, 11) is -3.50. The molecule has 8 heteroatoms. The van der Waals surface area contributed by atoms with Gasteiger partial charge in [0.05, 0.1) is 35.2 Å². The molecule has 3 rings (SSSR count). The van der Waals surface area contributed by atoms with E-state index in [2.05, 4.69) is 15.1 Å². The summed E-state index contributed by atoms with van der Waals surface area (Å²) < 4.78 is 24.1. The Kier molecular flexibility index (Phi) is 8.10. The molecule has 0 aliphatic heterocycles. The molecule has 3 aromatic rings. The van der Waals surface area contributed by atoms with Gasteiger partial charge in [-0.25, -0.2) is 8.42 Å². The van der Waals surface area contributed by atoms with E-state index in [0.29, 0.717) is 17.9 Å². The van der Waals surface area contributed by atoms with Crippen molar-refractivity contribution in [3.63, 3.8) is 0 Å². The summed E-state index contributed by atoms with van der Waals surface area (Å²) in [6.07, 6.45) is 0. The number of anilines is 1. The summed E-state index contributed by atoms with van der Waals surface area (Å²) in [4.78, 5) is 2.22. The molecule has 0 saturated heterocycles. The highest BCUT2D eigenvalue weighted by atomic mass is 32.2. The third-order valence-corrected chi connectivity index (χ3v) is 6.72. The number of likely N-dealkylation sites (N-methyl/N-ethyl adjacent to an activating group) is 1. The summed E-state index contributed by atoms with van der Waals surface area (Å²) in [5.74, 6) is -0.314. The van der Waals surface area contributed by atoms with Crippen molar-refractivity contribution < 1.29 is 18.6 Å². The fraction of sp³-hybridized carbons (Fsp3) is 0.250. The summed E-state index contributed by atoms with van der Waals surface area (Å²) in [6, 6.07) is 21.9. The zero-order valence-electron chi connectivity index (χ0n) is 17.9. The normalized spacial score (nSPS) is 11.7. The highest BCUT2D eigenvalue weighted by Gasteiger charge is 2.13. The first-order chi connectivity index (χ1) is 15.5. The lowest BCUT2D eigenvalue weighted by atomic mass is 10.0. The van der Waals surface area contributed by atoms with Crippen molar-refractivity contribution in [2.75, 3.05) is 37.0 Å². The van der Waals surface area contributed by atoms with Crippen molar-refractivity contribution >= 4 is 26.9 Å². The van der Waals surface area contributed by atoms with Gasteiger partial charge in [0.2, 0.25) is 0 Å². The number of sulfone groups is 1. The van der Waals surface area contributed by atoms with E-state index >= 15 is 0 Å². The van der Waals surface area contributed by atoms with Crippen LogP contribution in [0.1, 0.15) is 6.92 Å². The highest BCUT2D eigenvalue weighted by Crippen LogP contribution is 2.35. The zero-order chi connectivity index (χ0) is 23.0. The van der Waals surface area contributed by atoms with Crippen molar-refractivity contribution in [2.45, 2.75) is 11.8 Å². The quantitative estimate of drug-likeness (QED) is 0.444. The molecule has 0 fully saturated rings. The Labute approximate surface area is 188 Å². The topological polar surface area (TPSA) is 103 Å². The van der Waals surface area contributed by atoms with Crippen LogP contribution in [0.25, 0.3) is 11.1 Å². The van der Waals surface area contributed by atoms with Crippen molar-refractivity contribution in [1.82, 2.24) is 0 Å². The number of aliphatic hydroxyl groups excluding tert-OH is 2. The molecule has 0 heterocycles. The average Bonchev–Trinajstić information content (AvgIpc) is 2.82. The minimum Gasteiger partial charge on any atom is -0.395 e. The molecule has 0 radical (unpaired) electrons. The Hall–Kier alpha value is -3.07. The van der Waals surface area contributed by atoms with Crippen LogP contribution in [0.5, 0.6) is 0 Å². The first kappa shape index (κ1) is 23.6. The first-order valence-corrected chi connectivity index (χ1v) is 12.0. The van der Waals surface area contributed by atoms with Crippen LogP contribution in [0.4, 0.5) is 17.1 Å². The summed E-state index contributed by atoms with van der Waals surface area (Å²) in [5, 5.41) is 27.0. The Morgan fingerprint density at radius 1 is 0.875 bits per heavy atom. The van der Waals surface area contributed by atoms with E-state index < -0.39 is 16.4 Å². The van der Waals surface area contributed by atoms with E-state index in [9.17, 15) is 13.5 Å². The number of hydrogen-bond acceptors (Lipinski definition) is 7. The molecule has 0 saturated carbocycles. The maximum atomic E-state index is 12.0. The van der Waals surface area contributed by atoms with Crippen LogP contribution in [-0.2, 0) is 9.84 Å². The van der Waals surface area contributed by atoms with Gasteiger partial charge in [0, 0.05) is 24.3 Å². The third-order valence-electron chi connectivity index (χ3n) is 5.01. The molecular weight excluding hydrogens is 426 g/mol. The van der Waals surface area contributed by atoms with E-state index in [-0.39, 0.29) is 17.3 Å². The number of azo groups is 1. The van der Waals surface area contributed by atoms with Gasteiger partial charge in [0.1, 0.15) is 0 Å². The molecule has 0 unspecified atom stereocenters. The molecule has 0 amide bonds. The van der Waals surface area contributed by atoms with Gasteiger partial charge < -0.3 is 15.1 Å². The molecule has 0 aromatic heterocycles. The summed E-state index contributed by atoms with van der Waals surface area (Å²) in [6.45, 7) is 2.99. The van der Waals surface area contributed by atoms with E-state index in [0.717, 1.165) is 23.4 Å². The Bertz CT molecular complexity index is 1150. The summed E-state index contributed by atoms with van der Waals surface area (Å²) >= 11 is 0. The molecule has 2 N–H and O–H groups in total. The van der Waals surface area contributed by atoms with Crippen LogP contribution in [-0.4, -0.2) is 50.7 Å². The van der Waals surface area contributed by atoms with Crippen LogP contribution in [0.2, 0.25) is 0 Å². The highest BCUT2D eigenvalue weighted by molar-refractivity contribution is 7.91. The van der Waals surface area contributed by atoms with E-state index in [1.54, 1.807) is 12.1 Å². The van der Waals surface area contributed by atoms with Crippen LogP contribution in [0.3, 0.4) is 0 Å². The van der Waals surface area contributed by atoms with Gasteiger partial charge in [-0.15, -0.1) is 5.11 Å². The lowest BCUT2D eigenvalue weighted by molar-refractivity contribution is 0.302. The van der Waals surface area contributed by atoms with Crippen LogP contribution in [0, 0.1) is 0 Å². The second-order valence-corrected chi connectivity index (χ2v) is 9.22. The number of benzene rings is 3. The van der Waals surface area contributed by atoms with E-state index in [4.69, 9.17) is 5.11 Å². The van der Waals surface area contributed by atoms with Gasteiger partial charge in [-0.1, -0.05) is 30.3 Å². The Morgan fingerprint density at radius 3 is 2.22 bits per heavy atom. The van der Waals surface area contributed by atoms with Crippen molar-refractivity contribution in [1.29, 1.82) is 0 Å². The maximum absolute atomic E-state index is 12.0. The molecule has 0 aliphatic carbocycles. The lowest BCUT2D eigenvalue weighted by Gasteiger charge is -2.23. The van der Waals surface area contributed by atoms with E-state index in [1.165, 1.54) is 12.1 Å². The molecule has 3 aromatic carbocycles. The lowest BCUT2D eigenvalue weighted by Crippen LogP contribution is -2.26. The van der Waals surface area contributed by atoms with Gasteiger partial charge in [0.25, 0.3) is 0 Å². The monoisotopic (exact) mass is 453 g/mol. The molecule has 0 atom stereocenters. The standard InChI is InChI=1S/C24H27N3O4S/c1-2-27(14-15-28)21-10-13-24(23(18-21)19-6-4-3-5-7-19)26-25-20-8-11-22(12-9-20)32(30,31)17-16-29/h3-13,18,28-29H,2,14-17H2,1H3.